The van der Waals surface area contributed by atoms with Gasteiger partial charge in [-0.1, -0.05) is 36.4 Å². The van der Waals surface area contributed by atoms with Gasteiger partial charge in [-0.15, -0.1) is 0 Å². The van der Waals surface area contributed by atoms with E-state index in [1.807, 2.05) is 48.8 Å². The molecule has 0 aliphatic heterocycles. The van der Waals surface area contributed by atoms with Gasteiger partial charge in [0.05, 0.1) is 29.8 Å². The van der Waals surface area contributed by atoms with Crippen molar-refractivity contribution < 1.29 is 4.79 Å². The van der Waals surface area contributed by atoms with Crippen LogP contribution in [0.3, 0.4) is 0 Å². The summed E-state index contributed by atoms with van der Waals surface area (Å²) in [6.07, 6.45) is 1.60. The molecule has 1 aliphatic carbocycles. The molecule has 2 aromatic carbocycles. The predicted octanol–water partition coefficient (Wildman–Crippen LogP) is 3.56. The number of imidazole rings is 1. The fraction of sp³-hybridized carbons (Fsp3) is 0.320. The molecule has 2 aromatic heterocycles. The molecule has 0 fully saturated rings. The molecule has 5 rings (SSSR count). The van der Waals surface area contributed by atoms with Gasteiger partial charge in [-0.25, -0.2) is 4.98 Å². The standard InChI is InChI=1S/C25H27N5O/c1-17-12-21(27-29(17)3)15-30(16-24-26-22-10-6-7-11-23(22)28(24)2)25(31)20-13-18-8-4-5-9-19(18)14-20/h4-12,20H,13-16H2,1-3H3. The SMILES string of the molecule is Cc1cc(CN(Cc2nc3ccccc3n2C)C(=O)C2Cc3ccccc3C2)nn1C. The molecule has 1 amide bonds. The molecule has 6 heteroatoms. The largest absolute Gasteiger partial charge is 0.330 e. The summed E-state index contributed by atoms with van der Waals surface area (Å²) in [5, 5.41) is 4.60. The van der Waals surface area contributed by atoms with Crippen LogP contribution in [0.5, 0.6) is 0 Å². The van der Waals surface area contributed by atoms with E-state index >= 15 is 0 Å². The Kier molecular flexibility index (Phi) is 4.85. The molecule has 1 aliphatic rings. The molecule has 4 aromatic rings. The highest BCUT2D eigenvalue weighted by atomic mass is 16.2. The van der Waals surface area contributed by atoms with Crippen LogP contribution in [-0.2, 0) is 44.8 Å². The number of hydrogen-bond donors (Lipinski definition) is 0. The molecule has 6 nitrogen and oxygen atoms in total. The van der Waals surface area contributed by atoms with Crippen molar-refractivity contribution in [1.29, 1.82) is 0 Å². The molecule has 31 heavy (non-hydrogen) atoms. The van der Waals surface area contributed by atoms with E-state index in [9.17, 15) is 4.79 Å². The van der Waals surface area contributed by atoms with Crippen LogP contribution in [0.2, 0.25) is 0 Å². The number of aromatic nitrogens is 4. The molecule has 0 atom stereocenters. The Labute approximate surface area is 182 Å². The molecule has 0 bridgehead atoms. The zero-order chi connectivity index (χ0) is 21.5. The molecule has 158 valence electrons. The summed E-state index contributed by atoms with van der Waals surface area (Å²) in [5.74, 6) is 1.03. The Morgan fingerprint density at radius 2 is 1.71 bits per heavy atom. The Hall–Kier alpha value is -3.41. The maximum Gasteiger partial charge on any atom is 0.227 e. The third-order valence-electron chi connectivity index (χ3n) is 6.44. The van der Waals surface area contributed by atoms with Crippen molar-refractivity contribution in [2.45, 2.75) is 32.9 Å². The van der Waals surface area contributed by atoms with Crippen LogP contribution in [-0.4, -0.2) is 30.1 Å². The molecule has 0 saturated heterocycles. The van der Waals surface area contributed by atoms with Crippen molar-refractivity contribution in [3.63, 3.8) is 0 Å². The van der Waals surface area contributed by atoms with Crippen molar-refractivity contribution in [3.8, 4) is 0 Å². The molecular weight excluding hydrogens is 386 g/mol. The molecule has 0 unspecified atom stereocenters. The van der Waals surface area contributed by atoms with E-state index in [2.05, 4.69) is 46.1 Å². The quantitative estimate of drug-likeness (QED) is 0.503. The molecule has 0 radical (unpaired) electrons. The van der Waals surface area contributed by atoms with Crippen LogP contribution >= 0.6 is 0 Å². The van der Waals surface area contributed by atoms with Crippen molar-refractivity contribution in [2.24, 2.45) is 20.0 Å². The number of rotatable bonds is 5. The van der Waals surface area contributed by atoms with Crippen LogP contribution in [0, 0.1) is 12.8 Å². The van der Waals surface area contributed by atoms with E-state index in [0.29, 0.717) is 13.1 Å². The zero-order valence-corrected chi connectivity index (χ0v) is 18.2. The summed E-state index contributed by atoms with van der Waals surface area (Å²) in [5.41, 5.74) is 6.59. The Balaban J connectivity index is 1.45. The van der Waals surface area contributed by atoms with Gasteiger partial charge >= 0.3 is 0 Å². The molecule has 2 heterocycles. The lowest BCUT2D eigenvalue weighted by Crippen LogP contribution is -2.36. The maximum absolute atomic E-state index is 13.7. The minimum absolute atomic E-state index is 0.0307. The number of benzene rings is 2. The van der Waals surface area contributed by atoms with E-state index in [1.54, 1.807) is 0 Å². The highest BCUT2D eigenvalue weighted by Crippen LogP contribution is 2.29. The number of nitrogens with zero attached hydrogens (tertiary/aromatic N) is 5. The average molecular weight is 414 g/mol. The fourth-order valence-electron chi connectivity index (χ4n) is 4.62. The number of carbonyl (C=O) groups is 1. The van der Waals surface area contributed by atoms with Crippen LogP contribution < -0.4 is 0 Å². The number of hydrogen-bond acceptors (Lipinski definition) is 3. The van der Waals surface area contributed by atoms with Crippen molar-refractivity contribution in [3.05, 3.63) is 82.9 Å². The van der Waals surface area contributed by atoms with Crippen molar-refractivity contribution >= 4 is 16.9 Å². The van der Waals surface area contributed by atoms with Crippen LogP contribution in [0.1, 0.15) is 28.3 Å². The van der Waals surface area contributed by atoms with E-state index in [0.717, 1.165) is 41.1 Å². The third-order valence-corrected chi connectivity index (χ3v) is 6.44. The second-order valence-corrected chi connectivity index (χ2v) is 8.54. The van der Waals surface area contributed by atoms with Crippen LogP contribution in [0.15, 0.2) is 54.6 Å². The van der Waals surface area contributed by atoms with Crippen LogP contribution in [0.4, 0.5) is 0 Å². The van der Waals surface area contributed by atoms with Crippen LogP contribution in [0.25, 0.3) is 11.0 Å². The first kappa shape index (κ1) is 19.5. The molecule has 0 saturated carbocycles. The monoisotopic (exact) mass is 413 g/mol. The first-order chi connectivity index (χ1) is 15.0. The highest BCUT2D eigenvalue weighted by Gasteiger charge is 2.31. The average Bonchev–Trinajstić information content (AvgIpc) is 3.43. The van der Waals surface area contributed by atoms with Gasteiger partial charge in [-0.3, -0.25) is 9.48 Å². The van der Waals surface area contributed by atoms with E-state index in [-0.39, 0.29) is 11.8 Å². The smallest absolute Gasteiger partial charge is 0.227 e. The van der Waals surface area contributed by atoms with Crippen molar-refractivity contribution in [2.75, 3.05) is 0 Å². The Morgan fingerprint density at radius 3 is 2.35 bits per heavy atom. The van der Waals surface area contributed by atoms with Gasteiger partial charge < -0.3 is 9.47 Å². The minimum Gasteiger partial charge on any atom is -0.330 e. The first-order valence-electron chi connectivity index (χ1n) is 10.7. The lowest BCUT2D eigenvalue weighted by atomic mass is 10.0. The molecular formula is C25H27N5O. The summed E-state index contributed by atoms with van der Waals surface area (Å²) >= 11 is 0. The summed E-state index contributed by atoms with van der Waals surface area (Å²) in [6.45, 7) is 2.98. The van der Waals surface area contributed by atoms with Crippen molar-refractivity contribution in [1.82, 2.24) is 24.2 Å². The summed E-state index contributed by atoms with van der Waals surface area (Å²) in [6, 6.07) is 18.5. The second-order valence-electron chi connectivity index (χ2n) is 8.54. The lowest BCUT2D eigenvalue weighted by molar-refractivity contribution is -0.136. The first-order valence-corrected chi connectivity index (χ1v) is 10.7. The van der Waals surface area contributed by atoms with E-state index < -0.39 is 0 Å². The van der Waals surface area contributed by atoms with Gasteiger partial charge in [0.2, 0.25) is 5.91 Å². The van der Waals surface area contributed by atoms with Gasteiger partial charge in [0, 0.05) is 25.7 Å². The van der Waals surface area contributed by atoms with Gasteiger partial charge in [-0.2, -0.15) is 5.10 Å². The number of aryl methyl sites for hydroxylation is 3. The fourth-order valence-corrected chi connectivity index (χ4v) is 4.62. The number of fused-ring (bicyclic) bond motifs is 2. The van der Waals surface area contributed by atoms with E-state index in [4.69, 9.17) is 4.98 Å². The summed E-state index contributed by atoms with van der Waals surface area (Å²) < 4.78 is 3.95. The molecule has 0 N–H and O–H groups in total. The lowest BCUT2D eigenvalue weighted by Gasteiger charge is -2.25. The van der Waals surface area contributed by atoms with Gasteiger partial charge in [0.25, 0.3) is 0 Å². The Morgan fingerprint density at radius 1 is 1.03 bits per heavy atom. The highest BCUT2D eigenvalue weighted by molar-refractivity contribution is 5.81. The minimum atomic E-state index is -0.0307. The topological polar surface area (TPSA) is 56.0 Å². The second kappa shape index (κ2) is 7.69. The maximum atomic E-state index is 13.7. The summed E-state index contributed by atoms with van der Waals surface area (Å²) in [4.78, 5) is 20.4. The Bertz CT molecular complexity index is 1220. The number of amides is 1. The number of para-hydroxylation sites is 2. The van der Waals surface area contributed by atoms with Gasteiger partial charge in [-0.05, 0) is 49.1 Å². The third kappa shape index (κ3) is 3.63. The molecule has 0 spiro atoms. The number of carbonyl (C=O) groups excluding carboxylic acids is 1. The van der Waals surface area contributed by atoms with Gasteiger partial charge in [0.1, 0.15) is 5.82 Å². The van der Waals surface area contributed by atoms with E-state index in [1.165, 1.54) is 11.1 Å². The zero-order valence-electron chi connectivity index (χ0n) is 18.2. The normalized spacial score (nSPS) is 13.6. The predicted molar refractivity (Wildman–Crippen MR) is 120 cm³/mol. The summed E-state index contributed by atoms with van der Waals surface area (Å²) in [7, 11) is 3.95. The van der Waals surface area contributed by atoms with Gasteiger partial charge in [0.15, 0.2) is 0 Å².